The second kappa shape index (κ2) is 7.21. The second-order valence-corrected chi connectivity index (χ2v) is 6.82. The van der Waals surface area contributed by atoms with Gasteiger partial charge in [-0.15, -0.1) is 0 Å². The summed E-state index contributed by atoms with van der Waals surface area (Å²) in [4.78, 5) is 27.4. The molecule has 8 heteroatoms. The summed E-state index contributed by atoms with van der Waals surface area (Å²) >= 11 is 0. The van der Waals surface area contributed by atoms with E-state index in [1.54, 1.807) is 28.2 Å². The van der Waals surface area contributed by atoms with Crippen LogP contribution in [0.5, 0.6) is 0 Å². The molecule has 3 aliphatic heterocycles. The van der Waals surface area contributed by atoms with Gasteiger partial charge in [-0.2, -0.15) is 10.3 Å². The number of nitrogens with zero attached hydrogens (tertiary/aromatic N) is 6. The number of hydrogen-bond acceptors (Lipinski definition) is 6. The van der Waals surface area contributed by atoms with E-state index in [2.05, 4.69) is 16.0 Å². The molecular formula is C19H21N7O. The highest BCUT2D eigenvalue weighted by Crippen LogP contribution is 2.25. The third kappa shape index (κ3) is 3.29. The molecule has 0 spiro atoms. The summed E-state index contributed by atoms with van der Waals surface area (Å²) < 4.78 is 0. The molecule has 0 bridgehead atoms. The Bertz CT molecular complexity index is 882. The fourth-order valence-corrected chi connectivity index (χ4v) is 3.57. The molecule has 8 nitrogen and oxygen atoms in total. The number of hydrogen-bond donors (Lipinski definition) is 1. The standard InChI is InChI=1S/C19H21N7O/c20-10-14-4-1-2-5-15(14)11-25-18(24-9-3-6-16(21)12-24)23-17-7-8-22-13-26(17)19(25)27/h1-2,4-5,7-8,16H,3,6,9,11-13,21H2. The van der Waals surface area contributed by atoms with Crippen molar-refractivity contribution in [1.29, 1.82) is 5.26 Å². The Hall–Kier alpha value is -3.18. The molecule has 27 heavy (non-hydrogen) atoms. The van der Waals surface area contributed by atoms with Crippen LogP contribution in [0.25, 0.3) is 0 Å². The molecule has 1 saturated heterocycles. The van der Waals surface area contributed by atoms with E-state index in [-0.39, 0.29) is 25.3 Å². The van der Waals surface area contributed by atoms with Gasteiger partial charge in [-0.25, -0.2) is 4.79 Å². The minimum atomic E-state index is -0.185. The maximum absolute atomic E-state index is 13.2. The van der Waals surface area contributed by atoms with Crippen molar-refractivity contribution in [1.82, 2.24) is 14.7 Å². The molecule has 1 aromatic carbocycles. The highest BCUT2D eigenvalue weighted by Gasteiger charge is 2.37. The third-order valence-corrected chi connectivity index (χ3v) is 4.95. The lowest BCUT2D eigenvalue weighted by Crippen LogP contribution is -2.58. The lowest BCUT2D eigenvalue weighted by molar-refractivity contribution is 0.170. The molecule has 138 valence electrons. The summed E-state index contributed by atoms with van der Waals surface area (Å²) in [6.45, 7) is 1.99. The Balaban J connectivity index is 1.72. The summed E-state index contributed by atoms with van der Waals surface area (Å²) in [5.41, 5.74) is 7.49. The minimum Gasteiger partial charge on any atom is -0.341 e. The monoisotopic (exact) mass is 363 g/mol. The van der Waals surface area contributed by atoms with Gasteiger partial charge in [-0.05, 0) is 30.5 Å². The zero-order valence-electron chi connectivity index (χ0n) is 15.0. The molecule has 2 amide bonds. The van der Waals surface area contributed by atoms with Crippen LogP contribution in [-0.2, 0) is 6.54 Å². The Labute approximate surface area is 157 Å². The molecule has 3 heterocycles. The summed E-state index contributed by atoms with van der Waals surface area (Å²) in [5, 5.41) is 9.40. The molecule has 0 saturated carbocycles. The van der Waals surface area contributed by atoms with Crippen LogP contribution >= 0.6 is 0 Å². The largest absolute Gasteiger partial charge is 0.341 e. The fourth-order valence-electron chi connectivity index (χ4n) is 3.57. The Morgan fingerprint density at radius 3 is 3.00 bits per heavy atom. The second-order valence-electron chi connectivity index (χ2n) is 6.82. The molecular weight excluding hydrogens is 342 g/mol. The number of amides is 2. The van der Waals surface area contributed by atoms with Crippen LogP contribution in [0.1, 0.15) is 24.0 Å². The number of aliphatic imine (C=N–C) groups is 2. The van der Waals surface area contributed by atoms with Crippen LogP contribution in [-0.4, -0.2) is 58.7 Å². The van der Waals surface area contributed by atoms with E-state index in [1.165, 1.54) is 0 Å². The van der Waals surface area contributed by atoms with Crippen LogP contribution in [0.3, 0.4) is 0 Å². The number of carbonyl (C=O) groups is 1. The van der Waals surface area contributed by atoms with Crippen LogP contribution in [0.4, 0.5) is 4.79 Å². The average Bonchev–Trinajstić information content (AvgIpc) is 2.70. The number of carbonyl (C=O) groups excluding carboxylic acids is 1. The molecule has 1 aromatic rings. The first-order valence-corrected chi connectivity index (χ1v) is 9.04. The summed E-state index contributed by atoms with van der Waals surface area (Å²) in [6.07, 6.45) is 5.34. The van der Waals surface area contributed by atoms with Crippen molar-refractivity contribution in [3.05, 3.63) is 47.3 Å². The van der Waals surface area contributed by atoms with E-state index >= 15 is 0 Å². The number of piperidine rings is 1. The molecule has 4 rings (SSSR count). The van der Waals surface area contributed by atoms with Crippen molar-refractivity contribution in [2.24, 2.45) is 15.7 Å². The van der Waals surface area contributed by atoms with Crippen LogP contribution < -0.4 is 5.73 Å². The SMILES string of the molecule is N#Cc1ccccc1CN1C(=O)N2CN=CC=C2N=C1N1CCCC(N)C1. The number of allylic oxidation sites excluding steroid dienone is 1. The Morgan fingerprint density at radius 2 is 2.19 bits per heavy atom. The lowest BCUT2D eigenvalue weighted by atomic mass is 10.1. The minimum absolute atomic E-state index is 0.0599. The van der Waals surface area contributed by atoms with Gasteiger partial charge in [0.1, 0.15) is 12.5 Å². The number of urea groups is 1. The summed E-state index contributed by atoms with van der Waals surface area (Å²) in [5.74, 6) is 1.19. The first-order valence-electron chi connectivity index (χ1n) is 9.04. The van der Waals surface area contributed by atoms with E-state index in [1.807, 2.05) is 18.2 Å². The predicted octanol–water partition coefficient (Wildman–Crippen LogP) is 1.46. The van der Waals surface area contributed by atoms with E-state index in [9.17, 15) is 10.1 Å². The molecule has 1 fully saturated rings. The van der Waals surface area contributed by atoms with Gasteiger partial charge >= 0.3 is 6.03 Å². The number of benzene rings is 1. The van der Waals surface area contributed by atoms with Gasteiger partial charge in [0, 0.05) is 25.3 Å². The zero-order valence-corrected chi connectivity index (χ0v) is 15.0. The molecule has 0 aromatic heterocycles. The van der Waals surface area contributed by atoms with Gasteiger partial charge in [0.05, 0.1) is 18.2 Å². The van der Waals surface area contributed by atoms with E-state index < -0.39 is 0 Å². The fraction of sp³-hybridized carbons (Fsp3) is 0.368. The third-order valence-electron chi connectivity index (χ3n) is 4.95. The van der Waals surface area contributed by atoms with Gasteiger partial charge in [0.2, 0.25) is 5.96 Å². The van der Waals surface area contributed by atoms with Crippen molar-refractivity contribution in [3.63, 3.8) is 0 Å². The highest BCUT2D eigenvalue weighted by atomic mass is 16.2. The molecule has 3 aliphatic rings. The number of nitriles is 1. The molecule has 0 aliphatic carbocycles. The summed E-state index contributed by atoms with van der Waals surface area (Å²) in [7, 11) is 0. The Kier molecular flexibility index (Phi) is 4.60. The predicted molar refractivity (Wildman–Crippen MR) is 102 cm³/mol. The zero-order chi connectivity index (χ0) is 18.8. The van der Waals surface area contributed by atoms with Gasteiger partial charge in [-0.1, -0.05) is 18.2 Å². The maximum atomic E-state index is 13.2. The highest BCUT2D eigenvalue weighted by molar-refractivity contribution is 6.00. The van der Waals surface area contributed by atoms with E-state index in [0.717, 1.165) is 24.9 Å². The van der Waals surface area contributed by atoms with Gasteiger partial charge < -0.3 is 10.6 Å². The molecule has 1 unspecified atom stereocenters. The topological polar surface area (TPSA) is 101 Å². The van der Waals surface area contributed by atoms with Crippen molar-refractivity contribution in [3.8, 4) is 6.07 Å². The van der Waals surface area contributed by atoms with Crippen molar-refractivity contribution in [2.75, 3.05) is 19.8 Å². The summed E-state index contributed by atoms with van der Waals surface area (Å²) in [6, 6.07) is 9.38. The molecule has 2 N–H and O–H groups in total. The number of guanidine groups is 1. The number of rotatable bonds is 2. The Morgan fingerprint density at radius 1 is 1.33 bits per heavy atom. The van der Waals surface area contributed by atoms with E-state index in [0.29, 0.717) is 23.9 Å². The van der Waals surface area contributed by atoms with Crippen molar-refractivity contribution in [2.45, 2.75) is 25.4 Å². The first kappa shape index (κ1) is 17.2. The first-order chi connectivity index (χ1) is 13.2. The van der Waals surface area contributed by atoms with Crippen molar-refractivity contribution >= 4 is 18.2 Å². The van der Waals surface area contributed by atoms with Gasteiger partial charge in [-0.3, -0.25) is 14.8 Å². The normalized spacial score (nSPS) is 22.1. The molecule has 1 atom stereocenters. The maximum Gasteiger partial charge on any atom is 0.334 e. The lowest BCUT2D eigenvalue weighted by Gasteiger charge is -2.42. The average molecular weight is 363 g/mol. The van der Waals surface area contributed by atoms with Crippen LogP contribution in [0, 0.1) is 11.3 Å². The quantitative estimate of drug-likeness (QED) is 0.859. The van der Waals surface area contributed by atoms with Crippen molar-refractivity contribution < 1.29 is 4.79 Å². The van der Waals surface area contributed by atoms with Crippen LogP contribution in [0.2, 0.25) is 0 Å². The number of nitrogens with two attached hydrogens (primary N) is 1. The smallest absolute Gasteiger partial charge is 0.334 e. The van der Waals surface area contributed by atoms with Gasteiger partial charge in [0.15, 0.2) is 0 Å². The number of likely N-dealkylation sites (tertiary alicyclic amines) is 1. The van der Waals surface area contributed by atoms with E-state index in [4.69, 9.17) is 10.7 Å². The van der Waals surface area contributed by atoms with Crippen LogP contribution in [0.15, 0.2) is 46.1 Å². The van der Waals surface area contributed by atoms with Gasteiger partial charge in [0.25, 0.3) is 0 Å². The number of fused-ring (bicyclic) bond motifs is 1. The molecule has 0 radical (unpaired) electrons.